The van der Waals surface area contributed by atoms with Crippen LogP contribution in [0.1, 0.15) is 13.3 Å². The maximum Gasteiger partial charge on any atom is 0.237 e. The van der Waals surface area contributed by atoms with Gasteiger partial charge in [-0.2, -0.15) is 5.10 Å². The van der Waals surface area contributed by atoms with Gasteiger partial charge in [-0.1, -0.05) is 0 Å². The van der Waals surface area contributed by atoms with Crippen molar-refractivity contribution in [1.29, 1.82) is 0 Å². The molecule has 202 valence electrons. The van der Waals surface area contributed by atoms with Crippen LogP contribution in [0.5, 0.6) is 0 Å². The fraction of sp³-hybridized carbons (Fsp3) is 0.357. The molecule has 2 aliphatic rings. The lowest BCUT2D eigenvalue weighted by atomic mass is 10.1. The molecule has 2 saturated heterocycles. The molecule has 2 atom stereocenters. The molecule has 0 bridgehead atoms. The number of aromatic amines is 1. The van der Waals surface area contributed by atoms with Gasteiger partial charge in [-0.3, -0.25) is 19.6 Å². The summed E-state index contributed by atoms with van der Waals surface area (Å²) in [6, 6.07) is 11.9. The number of nitrogens with zero attached hydrogens (tertiary/aromatic N) is 5. The summed E-state index contributed by atoms with van der Waals surface area (Å²) in [6.07, 6.45) is 2.52. The van der Waals surface area contributed by atoms with E-state index in [0.29, 0.717) is 31.7 Å². The standard InChI is InChI=1S/C28H30FN7O2S/c1-18-15-35(28-30-9-13-39-28)11-12-36(18)25(37)17-34-10-8-20(16-34)27(38)31-22-6-7-23-24(14-22)32-33-26(23)19-2-4-21(29)5-3-19/h2-7,9,13-14,18,20H,8,10-12,15-17H2,1H3,(H,31,38)(H,32,33)/t18-,20?/m1/s1. The number of amides is 2. The topological polar surface area (TPSA) is 97.5 Å². The molecule has 39 heavy (non-hydrogen) atoms. The Labute approximate surface area is 229 Å². The molecule has 9 nitrogen and oxygen atoms in total. The van der Waals surface area contributed by atoms with Crippen LogP contribution in [0.15, 0.2) is 54.0 Å². The molecular weight excluding hydrogens is 517 g/mol. The average Bonchev–Trinajstić information content (AvgIpc) is 3.70. The van der Waals surface area contributed by atoms with Gasteiger partial charge in [-0.25, -0.2) is 9.37 Å². The number of fused-ring (bicyclic) bond motifs is 1. The molecule has 1 unspecified atom stereocenters. The molecule has 2 fully saturated rings. The minimum Gasteiger partial charge on any atom is -0.344 e. The first-order valence-corrected chi connectivity index (χ1v) is 14.0. The number of carbonyl (C=O) groups is 2. The number of nitrogens with one attached hydrogen (secondary N) is 2. The minimum atomic E-state index is -0.293. The first-order chi connectivity index (χ1) is 18.9. The molecule has 11 heteroatoms. The second-order valence-corrected chi connectivity index (χ2v) is 11.1. The smallest absolute Gasteiger partial charge is 0.237 e. The van der Waals surface area contributed by atoms with Crippen LogP contribution in [0.25, 0.3) is 22.2 Å². The predicted molar refractivity (Wildman–Crippen MR) is 150 cm³/mol. The normalized spacial score (nSPS) is 20.1. The summed E-state index contributed by atoms with van der Waals surface area (Å²) < 4.78 is 13.3. The number of hydrogen-bond donors (Lipinski definition) is 2. The zero-order valence-corrected chi connectivity index (χ0v) is 22.5. The SMILES string of the molecule is C[C@@H]1CN(c2nccs2)CCN1C(=O)CN1CCC(C(=O)Nc2ccc3c(-c4ccc(F)cc4)n[nH]c3c2)C1. The van der Waals surface area contributed by atoms with Crippen LogP contribution in [-0.2, 0) is 9.59 Å². The van der Waals surface area contributed by atoms with Crippen LogP contribution in [0, 0.1) is 11.7 Å². The van der Waals surface area contributed by atoms with Crippen LogP contribution >= 0.6 is 11.3 Å². The van der Waals surface area contributed by atoms with Crippen LogP contribution in [0.4, 0.5) is 15.2 Å². The zero-order chi connectivity index (χ0) is 26.9. The van der Waals surface area contributed by atoms with E-state index in [0.717, 1.165) is 46.9 Å². The van der Waals surface area contributed by atoms with E-state index in [1.165, 1.54) is 12.1 Å². The number of rotatable bonds is 6. The zero-order valence-electron chi connectivity index (χ0n) is 21.6. The number of H-pyrrole nitrogens is 1. The molecule has 0 aliphatic carbocycles. The maximum absolute atomic E-state index is 13.3. The van der Waals surface area contributed by atoms with Crippen LogP contribution in [0.3, 0.4) is 0 Å². The summed E-state index contributed by atoms with van der Waals surface area (Å²) in [4.78, 5) is 36.8. The van der Waals surface area contributed by atoms with Gasteiger partial charge in [0.2, 0.25) is 11.8 Å². The number of hydrogen-bond acceptors (Lipinski definition) is 7. The van der Waals surface area contributed by atoms with Gasteiger partial charge in [0.25, 0.3) is 0 Å². The fourth-order valence-electron chi connectivity index (χ4n) is 5.52. The Morgan fingerprint density at radius 2 is 1.97 bits per heavy atom. The summed E-state index contributed by atoms with van der Waals surface area (Å²) >= 11 is 1.62. The van der Waals surface area contributed by atoms with Gasteiger partial charge in [0.1, 0.15) is 5.82 Å². The van der Waals surface area contributed by atoms with Crippen molar-refractivity contribution in [1.82, 2.24) is 25.0 Å². The number of halogens is 1. The Morgan fingerprint density at radius 1 is 1.13 bits per heavy atom. The third kappa shape index (κ3) is 5.37. The molecule has 2 aromatic heterocycles. The Bertz CT molecular complexity index is 1470. The van der Waals surface area contributed by atoms with Gasteiger partial charge >= 0.3 is 0 Å². The third-order valence-corrected chi connectivity index (χ3v) is 8.42. The van der Waals surface area contributed by atoms with Crippen molar-refractivity contribution in [2.24, 2.45) is 5.92 Å². The fourth-order valence-corrected chi connectivity index (χ4v) is 6.20. The molecule has 0 spiro atoms. The van der Waals surface area contributed by atoms with Crippen molar-refractivity contribution in [2.45, 2.75) is 19.4 Å². The molecule has 2 aromatic carbocycles. The number of thiazole rings is 1. The van der Waals surface area contributed by atoms with Crippen LogP contribution in [0.2, 0.25) is 0 Å². The molecule has 2 N–H and O–H groups in total. The summed E-state index contributed by atoms with van der Waals surface area (Å²) in [7, 11) is 0. The van der Waals surface area contributed by atoms with Crippen molar-refractivity contribution >= 4 is 44.9 Å². The number of piperazine rings is 1. The summed E-state index contributed by atoms with van der Waals surface area (Å²) in [5, 5.41) is 14.3. The quantitative estimate of drug-likeness (QED) is 0.381. The number of likely N-dealkylation sites (tertiary alicyclic amines) is 1. The lowest BCUT2D eigenvalue weighted by Gasteiger charge is -2.40. The van der Waals surface area contributed by atoms with E-state index in [4.69, 9.17) is 0 Å². The van der Waals surface area contributed by atoms with Gasteiger partial charge < -0.3 is 15.1 Å². The Morgan fingerprint density at radius 3 is 2.74 bits per heavy atom. The molecule has 2 amide bonds. The number of carbonyl (C=O) groups excluding carboxylic acids is 2. The monoisotopic (exact) mass is 547 g/mol. The molecule has 0 radical (unpaired) electrons. The van der Waals surface area contributed by atoms with Crippen molar-refractivity contribution in [3.63, 3.8) is 0 Å². The molecule has 6 rings (SSSR count). The molecular formula is C28H30FN7O2S. The van der Waals surface area contributed by atoms with E-state index in [2.05, 4.69) is 37.2 Å². The Kier molecular flexibility index (Phi) is 7.01. The number of benzene rings is 2. The third-order valence-electron chi connectivity index (χ3n) is 7.59. The Balaban J connectivity index is 1.02. The summed E-state index contributed by atoms with van der Waals surface area (Å²) in [5.41, 5.74) is 3.02. The highest BCUT2D eigenvalue weighted by Gasteiger charge is 2.33. The highest BCUT2D eigenvalue weighted by Crippen LogP contribution is 2.29. The molecule has 0 saturated carbocycles. The summed E-state index contributed by atoms with van der Waals surface area (Å²) in [5.74, 6) is -0.403. The molecule has 4 aromatic rings. The van der Waals surface area contributed by atoms with Gasteiger partial charge in [-0.05, 0) is 62.4 Å². The average molecular weight is 548 g/mol. The van der Waals surface area contributed by atoms with E-state index >= 15 is 0 Å². The Hall–Kier alpha value is -3.83. The predicted octanol–water partition coefficient (Wildman–Crippen LogP) is 3.82. The van der Waals surface area contributed by atoms with E-state index < -0.39 is 0 Å². The highest BCUT2D eigenvalue weighted by atomic mass is 32.1. The van der Waals surface area contributed by atoms with Gasteiger partial charge in [0.15, 0.2) is 5.13 Å². The largest absolute Gasteiger partial charge is 0.344 e. The van der Waals surface area contributed by atoms with E-state index in [1.807, 2.05) is 34.7 Å². The molecule has 2 aliphatic heterocycles. The lowest BCUT2D eigenvalue weighted by molar-refractivity contribution is -0.134. The highest BCUT2D eigenvalue weighted by molar-refractivity contribution is 7.13. The first kappa shape index (κ1) is 25.4. The van der Waals surface area contributed by atoms with Crippen LogP contribution < -0.4 is 10.2 Å². The van der Waals surface area contributed by atoms with Crippen molar-refractivity contribution in [3.8, 4) is 11.3 Å². The number of aromatic nitrogens is 3. The number of anilines is 2. The minimum absolute atomic E-state index is 0.0481. The van der Waals surface area contributed by atoms with E-state index in [-0.39, 0.29) is 29.6 Å². The lowest BCUT2D eigenvalue weighted by Crippen LogP contribution is -2.56. The van der Waals surface area contributed by atoms with Crippen molar-refractivity contribution < 1.29 is 14.0 Å². The van der Waals surface area contributed by atoms with Crippen molar-refractivity contribution in [3.05, 3.63) is 59.9 Å². The van der Waals surface area contributed by atoms with Gasteiger partial charge in [0.05, 0.1) is 23.7 Å². The second kappa shape index (κ2) is 10.7. The van der Waals surface area contributed by atoms with Gasteiger partial charge in [-0.15, -0.1) is 11.3 Å². The second-order valence-electron chi connectivity index (χ2n) is 10.2. The maximum atomic E-state index is 13.3. The van der Waals surface area contributed by atoms with E-state index in [9.17, 15) is 14.0 Å². The van der Waals surface area contributed by atoms with E-state index in [1.54, 1.807) is 23.5 Å². The van der Waals surface area contributed by atoms with Crippen molar-refractivity contribution in [2.75, 3.05) is 49.5 Å². The summed E-state index contributed by atoms with van der Waals surface area (Å²) in [6.45, 7) is 5.92. The molecule has 4 heterocycles. The van der Waals surface area contributed by atoms with Crippen LogP contribution in [-0.4, -0.2) is 82.1 Å². The first-order valence-electron chi connectivity index (χ1n) is 13.2. The van der Waals surface area contributed by atoms with Gasteiger partial charge in [0, 0.05) is 60.4 Å².